The molecule has 1 radical (unpaired) electrons. The summed E-state index contributed by atoms with van der Waals surface area (Å²) in [6.07, 6.45) is 1.36. The second kappa shape index (κ2) is 7.82. The van der Waals surface area contributed by atoms with Crippen LogP contribution < -0.4 is 0 Å². The summed E-state index contributed by atoms with van der Waals surface area (Å²) in [5, 5.41) is 10.8. The Morgan fingerprint density at radius 2 is 1.12 bits per heavy atom. The molecule has 1 nitrogen and oxygen atoms in total. The molecule has 0 bridgehead atoms. The minimum absolute atomic E-state index is 0.356. The van der Waals surface area contributed by atoms with Gasteiger partial charge in [-0.2, -0.15) is 25.3 Å². The third-order valence-corrected chi connectivity index (χ3v) is 4.52. The van der Waals surface area contributed by atoms with Crippen molar-refractivity contribution in [3.63, 3.8) is 0 Å². The molecule has 0 atom stereocenters. The van der Waals surface area contributed by atoms with E-state index in [-0.39, 0.29) is 0 Å². The van der Waals surface area contributed by atoms with E-state index in [2.05, 4.69) is 49.5 Å². The number of rotatable bonds is 5. The molecule has 0 unspecified atom stereocenters. The third-order valence-electron chi connectivity index (χ3n) is 4.00. The minimum Gasteiger partial charge on any atom is -0.507 e. The predicted molar refractivity (Wildman–Crippen MR) is 107 cm³/mol. The maximum absolute atomic E-state index is 10.8. The highest BCUT2D eigenvalue weighted by Crippen LogP contribution is 2.33. The molecule has 3 aromatic carbocycles. The fraction of sp³-hybridized carbons (Fsp3) is 0.0952. The van der Waals surface area contributed by atoms with E-state index in [0.717, 1.165) is 27.8 Å². The van der Waals surface area contributed by atoms with E-state index in [1.54, 1.807) is 0 Å². The molecule has 0 aromatic heterocycles. The molecule has 24 heavy (non-hydrogen) atoms. The number of phenolic OH excluding ortho intramolecular Hbond substituents is 1. The van der Waals surface area contributed by atoms with Crippen LogP contribution >= 0.6 is 25.3 Å². The van der Waals surface area contributed by atoms with Crippen molar-refractivity contribution in [2.24, 2.45) is 0 Å². The fourth-order valence-electron chi connectivity index (χ4n) is 2.79. The van der Waals surface area contributed by atoms with Gasteiger partial charge in [0, 0.05) is 12.8 Å². The summed E-state index contributed by atoms with van der Waals surface area (Å²) in [5.74, 6) is 0.356. The van der Waals surface area contributed by atoms with Crippen LogP contribution in [0.2, 0.25) is 0 Å². The summed E-state index contributed by atoms with van der Waals surface area (Å²) in [5.41, 5.74) is 5.04. The van der Waals surface area contributed by atoms with Gasteiger partial charge in [0.25, 0.3) is 0 Å². The zero-order chi connectivity index (χ0) is 16.9. The molecule has 0 spiro atoms. The van der Waals surface area contributed by atoms with Crippen molar-refractivity contribution in [1.82, 2.24) is 0 Å². The zero-order valence-corrected chi connectivity index (χ0v) is 15.0. The monoisotopic (exact) mass is 351 g/mol. The van der Waals surface area contributed by atoms with E-state index in [0.29, 0.717) is 23.2 Å². The van der Waals surface area contributed by atoms with Crippen LogP contribution in [-0.4, -0.2) is 5.11 Å². The summed E-state index contributed by atoms with van der Waals surface area (Å²) in [4.78, 5) is 0. The number of hydrogen-bond acceptors (Lipinski definition) is 3. The lowest BCUT2D eigenvalue weighted by Crippen LogP contribution is -1.98. The second-order valence-electron chi connectivity index (χ2n) is 5.79. The zero-order valence-electron chi connectivity index (χ0n) is 13.2. The highest BCUT2D eigenvalue weighted by Gasteiger charge is 2.14. The predicted octanol–water partition coefficient (Wildman–Crippen LogP) is 5.27. The van der Waals surface area contributed by atoms with Crippen LogP contribution in [0.1, 0.15) is 27.8 Å². The van der Waals surface area contributed by atoms with Gasteiger partial charge in [-0.25, -0.2) is 0 Å². The summed E-state index contributed by atoms with van der Waals surface area (Å²) in [7, 11) is 0. The first-order chi connectivity index (χ1) is 11.6. The molecule has 1 N–H and O–H groups in total. The summed E-state index contributed by atoms with van der Waals surface area (Å²) >= 11 is 8.74. The third kappa shape index (κ3) is 4.16. The molecular formula is C21H19OS2. The smallest absolute Gasteiger partial charge is 0.122 e. The van der Waals surface area contributed by atoms with Crippen LogP contribution in [0.25, 0.3) is 0 Å². The Kier molecular flexibility index (Phi) is 5.54. The lowest BCUT2D eigenvalue weighted by atomic mass is 9.95. The van der Waals surface area contributed by atoms with Gasteiger partial charge in [-0.05, 0) is 39.9 Å². The molecule has 0 fully saturated rings. The van der Waals surface area contributed by atoms with Crippen molar-refractivity contribution >= 4 is 25.3 Å². The molecule has 3 heteroatoms. The van der Waals surface area contributed by atoms with Gasteiger partial charge in [-0.15, -0.1) is 0 Å². The quantitative estimate of drug-likeness (QED) is 0.535. The van der Waals surface area contributed by atoms with Crippen molar-refractivity contribution < 1.29 is 5.11 Å². The van der Waals surface area contributed by atoms with E-state index in [1.807, 2.05) is 48.5 Å². The first kappa shape index (κ1) is 17.0. The van der Waals surface area contributed by atoms with E-state index < -0.39 is 0 Å². The Labute approximate surface area is 154 Å². The molecule has 121 valence electrons. The lowest BCUT2D eigenvalue weighted by molar-refractivity contribution is 0.463. The molecular weight excluding hydrogens is 332 g/mol. The maximum Gasteiger partial charge on any atom is 0.122 e. The maximum atomic E-state index is 10.8. The standard InChI is InChI=1S/C21H19OS2/c22-20-17(11-15-7-3-1-4-8-15)13-19(21(23)24)14-18(20)12-16-9-5-2-6-10-16/h1-10,13-14,22-24H,11-12H2. The highest BCUT2D eigenvalue weighted by atomic mass is 32.2. The van der Waals surface area contributed by atoms with Crippen LogP contribution in [0.15, 0.2) is 72.8 Å². The number of aromatic hydroxyl groups is 1. The normalized spacial score (nSPS) is 11.0. The number of thiol groups is 2. The van der Waals surface area contributed by atoms with Crippen molar-refractivity contribution in [2.75, 3.05) is 0 Å². The molecule has 0 saturated carbocycles. The molecule has 0 saturated heterocycles. The van der Waals surface area contributed by atoms with Gasteiger partial charge in [0.15, 0.2) is 0 Å². The summed E-state index contributed by atoms with van der Waals surface area (Å²) < 4.78 is 0.652. The SMILES string of the molecule is Oc1c(Cc2ccccc2)cc([C](S)S)cc1Cc1ccccc1. The average molecular weight is 352 g/mol. The summed E-state index contributed by atoms with van der Waals surface area (Å²) in [6, 6.07) is 24.2. The second-order valence-corrected chi connectivity index (χ2v) is 7.04. The Bertz CT molecular complexity index is 736. The summed E-state index contributed by atoms with van der Waals surface area (Å²) in [6.45, 7) is 0. The number of benzene rings is 3. The van der Waals surface area contributed by atoms with Crippen LogP contribution in [0.4, 0.5) is 0 Å². The van der Waals surface area contributed by atoms with Crippen LogP contribution in [0, 0.1) is 4.58 Å². The molecule has 3 aromatic rings. The topological polar surface area (TPSA) is 20.2 Å². The van der Waals surface area contributed by atoms with Gasteiger partial charge in [-0.3, -0.25) is 0 Å². The van der Waals surface area contributed by atoms with Crippen LogP contribution in [0.3, 0.4) is 0 Å². The van der Waals surface area contributed by atoms with Crippen molar-refractivity contribution in [2.45, 2.75) is 12.8 Å². The van der Waals surface area contributed by atoms with Gasteiger partial charge in [0.1, 0.15) is 10.3 Å². The Hall–Kier alpha value is -1.84. The minimum atomic E-state index is 0.356. The van der Waals surface area contributed by atoms with Gasteiger partial charge >= 0.3 is 0 Å². The number of hydrogen-bond donors (Lipinski definition) is 3. The Balaban J connectivity index is 1.98. The molecule has 3 rings (SSSR count). The molecule has 0 aliphatic carbocycles. The van der Waals surface area contributed by atoms with Crippen LogP contribution in [-0.2, 0) is 12.8 Å². The molecule has 0 aliphatic heterocycles. The fourth-order valence-corrected chi connectivity index (χ4v) is 3.05. The molecule has 0 amide bonds. The first-order valence-electron chi connectivity index (χ1n) is 7.81. The van der Waals surface area contributed by atoms with Crippen molar-refractivity contribution in [1.29, 1.82) is 0 Å². The Morgan fingerprint density at radius 3 is 1.50 bits per heavy atom. The lowest BCUT2D eigenvalue weighted by Gasteiger charge is -2.14. The van der Waals surface area contributed by atoms with Gasteiger partial charge in [0.05, 0.1) is 0 Å². The average Bonchev–Trinajstić information content (AvgIpc) is 2.60. The molecule has 0 heterocycles. The van der Waals surface area contributed by atoms with E-state index in [4.69, 9.17) is 0 Å². The van der Waals surface area contributed by atoms with Crippen molar-refractivity contribution in [3.8, 4) is 5.75 Å². The van der Waals surface area contributed by atoms with Gasteiger partial charge in [-0.1, -0.05) is 60.7 Å². The van der Waals surface area contributed by atoms with E-state index >= 15 is 0 Å². The largest absolute Gasteiger partial charge is 0.507 e. The number of phenols is 1. The van der Waals surface area contributed by atoms with Gasteiger partial charge < -0.3 is 5.11 Å². The molecule has 0 aliphatic rings. The van der Waals surface area contributed by atoms with Gasteiger partial charge in [0.2, 0.25) is 0 Å². The Morgan fingerprint density at radius 1 is 0.708 bits per heavy atom. The van der Waals surface area contributed by atoms with E-state index in [1.165, 1.54) is 0 Å². The van der Waals surface area contributed by atoms with Crippen molar-refractivity contribution in [3.05, 3.63) is 105 Å². The van der Waals surface area contributed by atoms with Crippen LogP contribution in [0.5, 0.6) is 5.75 Å². The first-order valence-corrected chi connectivity index (χ1v) is 8.71. The van der Waals surface area contributed by atoms with E-state index in [9.17, 15) is 5.11 Å². The highest BCUT2D eigenvalue weighted by molar-refractivity contribution is 8.03.